The molecule has 3 rings (SSSR count). The van der Waals surface area contributed by atoms with Crippen molar-refractivity contribution in [2.75, 3.05) is 0 Å². The Bertz CT molecular complexity index is 673. The highest BCUT2D eigenvalue weighted by molar-refractivity contribution is 9.10. The summed E-state index contributed by atoms with van der Waals surface area (Å²) in [5.41, 5.74) is 1.57. The molecule has 1 amide bonds. The van der Waals surface area contributed by atoms with E-state index in [1.54, 1.807) is 18.3 Å². The standard InChI is InChI=1S/C16H14BrClN2O/c17-14-6-2-1-4-11(14)10-20(12-7-8-12)16(21)13-5-3-9-19-15(13)18/h1-6,9,12H,7-8,10H2. The minimum atomic E-state index is -0.0497. The maximum absolute atomic E-state index is 12.7. The average Bonchev–Trinajstić information content (AvgIpc) is 3.31. The van der Waals surface area contributed by atoms with E-state index in [1.165, 1.54) is 0 Å². The van der Waals surface area contributed by atoms with Gasteiger partial charge in [-0.05, 0) is 36.6 Å². The van der Waals surface area contributed by atoms with Gasteiger partial charge in [0.2, 0.25) is 0 Å². The van der Waals surface area contributed by atoms with Crippen molar-refractivity contribution in [3.63, 3.8) is 0 Å². The van der Waals surface area contributed by atoms with Crippen molar-refractivity contribution in [3.8, 4) is 0 Å². The third kappa shape index (κ3) is 3.27. The Labute approximate surface area is 137 Å². The molecule has 1 aromatic carbocycles. The van der Waals surface area contributed by atoms with Crippen LogP contribution in [0.2, 0.25) is 5.15 Å². The molecule has 0 radical (unpaired) electrons. The van der Waals surface area contributed by atoms with E-state index in [4.69, 9.17) is 11.6 Å². The van der Waals surface area contributed by atoms with Gasteiger partial charge in [0.05, 0.1) is 5.56 Å². The number of hydrogen-bond donors (Lipinski definition) is 0. The fraction of sp³-hybridized carbons (Fsp3) is 0.250. The maximum atomic E-state index is 12.7. The second-order valence-corrected chi connectivity index (χ2v) is 6.31. The van der Waals surface area contributed by atoms with E-state index in [1.807, 2.05) is 29.2 Å². The molecule has 1 aromatic heterocycles. The predicted molar refractivity (Wildman–Crippen MR) is 86.3 cm³/mol. The molecule has 1 fully saturated rings. The summed E-state index contributed by atoms with van der Waals surface area (Å²) < 4.78 is 1.01. The molecule has 0 unspecified atom stereocenters. The number of carbonyl (C=O) groups excluding carboxylic acids is 1. The largest absolute Gasteiger partial charge is 0.331 e. The number of amides is 1. The molecule has 1 heterocycles. The lowest BCUT2D eigenvalue weighted by Crippen LogP contribution is -2.33. The highest BCUT2D eigenvalue weighted by atomic mass is 79.9. The van der Waals surface area contributed by atoms with Gasteiger partial charge in [0.15, 0.2) is 0 Å². The fourth-order valence-electron chi connectivity index (χ4n) is 2.26. The van der Waals surface area contributed by atoms with E-state index < -0.39 is 0 Å². The molecule has 0 saturated heterocycles. The second-order valence-electron chi connectivity index (χ2n) is 5.10. The molecule has 0 N–H and O–H groups in total. The normalized spacial score (nSPS) is 14.0. The third-order valence-corrected chi connectivity index (χ3v) is 4.61. The summed E-state index contributed by atoms with van der Waals surface area (Å²) in [7, 11) is 0. The topological polar surface area (TPSA) is 33.2 Å². The molecular weight excluding hydrogens is 352 g/mol. The van der Waals surface area contributed by atoms with Crippen LogP contribution in [0.1, 0.15) is 28.8 Å². The summed E-state index contributed by atoms with van der Waals surface area (Å²) in [6, 6.07) is 11.7. The Kier molecular flexibility index (Phi) is 4.27. The van der Waals surface area contributed by atoms with Crippen LogP contribution in [-0.2, 0) is 6.54 Å². The van der Waals surface area contributed by atoms with Crippen molar-refractivity contribution in [1.82, 2.24) is 9.88 Å². The molecule has 1 saturated carbocycles. The van der Waals surface area contributed by atoms with Crippen molar-refractivity contribution >= 4 is 33.4 Å². The minimum Gasteiger partial charge on any atom is -0.331 e. The number of halogens is 2. The summed E-state index contributed by atoms with van der Waals surface area (Å²) in [5.74, 6) is -0.0497. The van der Waals surface area contributed by atoms with E-state index >= 15 is 0 Å². The predicted octanol–water partition coefficient (Wildman–Crippen LogP) is 4.30. The number of aromatic nitrogens is 1. The first-order chi connectivity index (χ1) is 10.2. The van der Waals surface area contributed by atoms with Gasteiger partial charge in [-0.2, -0.15) is 0 Å². The Hall–Kier alpha value is -1.39. The average molecular weight is 366 g/mol. The highest BCUT2D eigenvalue weighted by Crippen LogP contribution is 2.32. The highest BCUT2D eigenvalue weighted by Gasteiger charge is 2.34. The molecule has 0 spiro atoms. The summed E-state index contributed by atoms with van der Waals surface area (Å²) in [6.07, 6.45) is 3.69. The summed E-state index contributed by atoms with van der Waals surface area (Å²) >= 11 is 9.59. The summed E-state index contributed by atoms with van der Waals surface area (Å²) in [6.45, 7) is 0.580. The Morgan fingerprint density at radius 1 is 1.29 bits per heavy atom. The lowest BCUT2D eigenvalue weighted by atomic mass is 10.2. The smallest absolute Gasteiger partial charge is 0.257 e. The molecule has 0 atom stereocenters. The van der Waals surface area contributed by atoms with Gasteiger partial charge in [0, 0.05) is 23.3 Å². The van der Waals surface area contributed by atoms with Gasteiger partial charge in [-0.25, -0.2) is 4.98 Å². The van der Waals surface area contributed by atoms with Crippen LogP contribution in [0.5, 0.6) is 0 Å². The summed E-state index contributed by atoms with van der Waals surface area (Å²) in [4.78, 5) is 18.6. The van der Waals surface area contributed by atoms with E-state index in [0.717, 1.165) is 22.9 Å². The number of pyridine rings is 1. The Morgan fingerprint density at radius 3 is 2.71 bits per heavy atom. The van der Waals surface area contributed by atoms with Crippen molar-refractivity contribution in [2.24, 2.45) is 0 Å². The zero-order chi connectivity index (χ0) is 14.8. The zero-order valence-corrected chi connectivity index (χ0v) is 13.6. The third-order valence-electron chi connectivity index (χ3n) is 3.54. The van der Waals surface area contributed by atoms with Gasteiger partial charge in [-0.15, -0.1) is 0 Å². The van der Waals surface area contributed by atoms with Gasteiger partial charge in [-0.3, -0.25) is 4.79 Å². The number of nitrogens with zero attached hydrogens (tertiary/aromatic N) is 2. The van der Waals surface area contributed by atoms with Crippen LogP contribution in [0.4, 0.5) is 0 Å². The number of carbonyl (C=O) groups is 1. The van der Waals surface area contributed by atoms with Gasteiger partial charge < -0.3 is 4.90 Å². The van der Waals surface area contributed by atoms with Gasteiger partial charge in [0.25, 0.3) is 5.91 Å². The van der Waals surface area contributed by atoms with Gasteiger partial charge in [0.1, 0.15) is 5.15 Å². The van der Waals surface area contributed by atoms with Crippen LogP contribution in [0.15, 0.2) is 47.1 Å². The van der Waals surface area contributed by atoms with E-state index in [9.17, 15) is 4.79 Å². The molecule has 0 bridgehead atoms. The molecule has 21 heavy (non-hydrogen) atoms. The first-order valence-electron chi connectivity index (χ1n) is 6.81. The number of hydrogen-bond acceptors (Lipinski definition) is 2. The quantitative estimate of drug-likeness (QED) is 0.757. The van der Waals surface area contributed by atoms with Crippen LogP contribution >= 0.6 is 27.5 Å². The van der Waals surface area contributed by atoms with E-state index in [2.05, 4.69) is 20.9 Å². The summed E-state index contributed by atoms with van der Waals surface area (Å²) in [5, 5.41) is 0.264. The fourth-order valence-corrected chi connectivity index (χ4v) is 2.87. The van der Waals surface area contributed by atoms with Crippen LogP contribution in [0, 0.1) is 0 Å². The molecule has 1 aliphatic carbocycles. The molecule has 1 aliphatic rings. The molecule has 2 aromatic rings. The number of rotatable bonds is 4. The SMILES string of the molecule is O=C(c1cccnc1Cl)N(Cc1ccccc1Br)C1CC1. The van der Waals surface area contributed by atoms with E-state index in [-0.39, 0.29) is 11.1 Å². The minimum absolute atomic E-state index is 0.0497. The Balaban J connectivity index is 1.87. The second kappa shape index (κ2) is 6.16. The first kappa shape index (κ1) is 14.5. The van der Waals surface area contributed by atoms with Crippen molar-refractivity contribution in [2.45, 2.75) is 25.4 Å². The molecule has 0 aliphatic heterocycles. The van der Waals surface area contributed by atoms with Crippen molar-refractivity contribution in [1.29, 1.82) is 0 Å². The van der Waals surface area contributed by atoms with E-state index in [0.29, 0.717) is 18.2 Å². The van der Waals surface area contributed by atoms with Crippen LogP contribution in [0.3, 0.4) is 0 Å². The van der Waals surface area contributed by atoms with Crippen molar-refractivity contribution < 1.29 is 4.79 Å². The van der Waals surface area contributed by atoms with Gasteiger partial charge >= 0.3 is 0 Å². The lowest BCUT2D eigenvalue weighted by molar-refractivity contribution is 0.0729. The van der Waals surface area contributed by atoms with Crippen LogP contribution in [0.25, 0.3) is 0 Å². The molecule has 5 heteroatoms. The first-order valence-corrected chi connectivity index (χ1v) is 7.99. The maximum Gasteiger partial charge on any atom is 0.257 e. The van der Waals surface area contributed by atoms with Crippen molar-refractivity contribution in [3.05, 3.63) is 63.3 Å². The van der Waals surface area contributed by atoms with Crippen LogP contribution < -0.4 is 0 Å². The molecule has 108 valence electrons. The van der Waals surface area contributed by atoms with Gasteiger partial charge in [-0.1, -0.05) is 45.7 Å². The monoisotopic (exact) mass is 364 g/mol. The lowest BCUT2D eigenvalue weighted by Gasteiger charge is -2.23. The molecule has 3 nitrogen and oxygen atoms in total. The number of benzene rings is 1. The Morgan fingerprint density at radius 2 is 2.05 bits per heavy atom. The zero-order valence-electron chi connectivity index (χ0n) is 11.3. The molecular formula is C16H14BrClN2O. The van der Waals surface area contributed by atoms with Crippen LogP contribution in [-0.4, -0.2) is 21.8 Å².